The van der Waals surface area contributed by atoms with E-state index in [-0.39, 0.29) is 18.1 Å². The second-order valence-corrected chi connectivity index (χ2v) is 6.34. The number of hydrogen-bond acceptors (Lipinski definition) is 6. The Morgan fingerprint density at radius 1 is 1.41 bits per heavy atom. The molecule has 0 amide bonds. The molecule has 9 heteroatoms. The lowest BCUT2D eigenvalue weighted by Crippen LogP contribution is -2.55. The number of carbonyl (C=O) groups excluding carboxylic acids is 1. The van der Waals surface area contributed by atoms with E-state index in [4.69, 9.17) is 20.3 Å². The lowest BCUT2D eigenvalue weighted by atomic mass is 9.89. The molecular formula is C18H17FN4O3S. The monoisotopic (exact) mass is 388 g/mol. The van der Waals surface area contributed by atoms with E-state index in [2.05, 4.69) is 10.3 Å². The highest BCUT2D eigenvalue weighted by Gasteiger charge is 2.49. The van der Waals surface area contributed by atoms with E-state index in [0.717, 1.165) is 5.56 Å². The largest absolute Gasteiger partial charge is 0.464 e. The Bertz CT molecular complexity index is 940. The van der Waals surface area contributed by atoms with Gasteiger partial charge >= 0.3 is 5.97 Å². The number of halogens is 1. The van der Waals surface area contributed by atoms with Crippen molar-refractivity contribution in [2.75, 3.05) is 6.61 Å². The summed E-state index contributed by atoms with van der Waals surface area (Å²) in [5.74, 6) is -1.38. The zero-order valence-corrected chi connectivity index (χ0v) is 15.2. The molecule has 27 heavy (non-hydrogen) atoms. The fourth-order valence-electron chi connectivity index (χ4n) is 2.63. The number of thiophene rings is 1. The van der Waals surface area contributed by atoms with E-state index in [1.54, 1.807) is 6.92 Å². The third-order valence-corrected chi connectivity index (χ3v) is 4.50. The fourth-order valence-corrected chi connectivity index (χ4v) is 3.28. The van der Waals surface area contributed by atoms with E-state index >= 15 is 0 Å². The summed E-state index contributed by atoms with van der Waals surface area (Å²) in [4.78, 5) is 17.2. The van der Waals surface area contributed by atoms with Crippen molar-refractivity contribution in [1.82, 2.24) is 10.3 Å². The molecule has 140 valence electrons. The normalized spacial score (nSPS) is 13.0. The number of ether oxygens (including phenoxy) is 1. The van der Waals surface area contributed by atoms with Gasteiger partial charge < -0.3 is 20.2 Å². The van der Waals surface area contributed by atoms with Crippen LogP contribution in [0.25, 0.3) is 11.3 Å². The molecule has 1 unspecified atom stereocenters. The quantitative estimate of drug-likeness (QED) is 0.340. The van der Waals surface area contributed by atoms with Crippen LogP contribution in [0.5, 0.6) is 0 Å². The van der Waals surface area contributed by atoms with Crippen molar-refractivity contribution in [1.29, 1.82) is 5.41 Å². The number of oxazole rings is 1. The molecule has 2 aromatic heterocycles. The van der Waals surface area contributed by atoms with Crippen molar-refractivity contribution in [3.63, 3.8) is 0 Å². The summed E-state index contributed by atoms with van der Waals surface area (Å²) in [6.45, 7) is 1.73. The van der Waals surface area contributed by atoms with Crippen molar-refractivity contribution in [3.05, 3.63) is 64.6 Å². The van der Waals surface area contributed by atoms with Gasteiger partial charge in [0.2, 0.25) is 11.4 Å². The van der Waals surface area contributed by atoms with E-state index in [1.165, 1.54) is 41.8 Å². The minimum absolute atomic E-state index is 0.0658. The maximum atomic E-state index is 13.4. The summed E-state index contributed by atoms with van der Waals surface area (Å²) in [6, 6.07) is 6.99. The maximum Gasteiger partial charge on any atom is 0.346 e. The highest BCUT2D eigenvalue weighted by Crippen LogP contribution is 2.34. The zero-order valence-electron chi connectivity index (χ0n) is 14.4. The molecule has 0 fully saturated rings. The first-order valence-corrected chi connectivity index (χ1v) is 8.96. The molecule has 0 saturated heterocycles. The number of aromatic nitrogens is 1. The molecule has 0 aliphatic rings. The average molecular weight is 388 g/mol. The maximum absolute atomic E-state index is 13.4. The molecule has 0 spiro atoms. The molecule has 3 rings (SSSR count). The van der Waals surface area contributed by atoms with Gasteiger partial charge in [-0.1, -0.05) is 12.1 Å². The molecule has 0 radical (unpaired) electrons. The lowest BCUT2D eigenvalue weighted by molar-refractivity contribution is -0.150. The molecule has 3 aromatic rings. The molecule has 2 heterocycles. The van der Waals surface area contributed by atoms with Crippen molar-refractivity contribution in [2.24, 2.45) is 5.73 Å². The Hall–Kier alpha value is -3.20. The molecule has 7 nitrogen and oxygen atoms in total. The third kappa shape index (κ3) is 3.54. The van der Waals surface area contributed by atoms with Crippen molar-refractivity contribution in [3.8, 4) is 11.3 Å². The molecule has 0 bridgehead atoms. The summed E-state index contributed by atoms with van der Waals surface area (Å²) in [6.07, 6.45) is 1.47. The molecule has 0 saturated carbocycles. The standard InChI is InChI=1S/C18H17FN4O3S/c1-2-25-16(24)18(23-17(20)21,12-3-5-13(19)6-4-12)15-22-9-14(26-15)11-7-8-27-10-11/h3-10H,2H2,1H3,(H4,20,21,23). The lowest BCUT2D eigenvalue weighted by Gasteiger charge is -2.30. The topological polar surface area (TPSA) is 114 Å². The highest BCUT2D eigenvalue weighted by atomic mass is 32.1. The van der Waals surface area contributed by atoms with Crippen LogP contribution in [0.3, 0.4) is 0 Å². The molecule has 1 aromatic carbocycles. The third-order valence-electron chi connectivity index (χ3n) is 3.81. The summed E-state index contributed by atoms with van der Waals surface area (Å²) in [5, 5.41) is 14.0. The van der Waals surface area contributed by atoms with Gasteiger partial charge in [0.1, 0.15) is 5.82 Å². The fraction of sp³-hybridized carbons (Fsp3) is 0.167. The SMILES string of the molecule is CCOC(=O)C(NC(=N)N)(c1ccc(F)cc1)c1ncc(-c2ccsc2)o1. The van der Waals surface area contributed by atoms with Crippen LogP contribution in [-0.2, 0) is 15.1 Å². The smallest absolute Gasteiger partial charge is 0.346 e. The van der Waals surface area contributed by atoms with Gasteiger partial charge in [-0.05, 0) is 36.1 Å². The van der Waals surface area contributed by atoms with Gasteiger partial charge in [-0.15, -0.1) is 0 Å². The minimum atomic E-state index is -1.83. The molecule has 4 N–H and O–H groups in total. The number of esters is 1. The number of benzene rings is 1. The van der Waals surface area contributed by atoms with Crippen LogP contribution in [0.4, 0.5) is 4.39 Å². The number of carbonyl (C=O) groups is 1. The first kappa shape index (κ1) is 18.6. The average Bonchev–Trinajstić information content (AvgIpc) is 3.32. The molecule has 1 atom stereocenters. The van der Waals surface area contributed by atoms with Gasteiger partial charge in [-0.3, -0.25) is 5.41 Å². The first-order chi connectivity index (χ1) is 13.0. The van der Waals surface area contributed by atoms with Crippen molar-refractivity contribution >= 4 is 23.3 Å². The van der Waals surface area contributed by atoms with Crippen LogP contribution in [0.1, 0.15) is 18.4 Å². The Balaban J connectivity index is 2.20. The highest BCUT2D eigenvalue weighted by molar-refractivity contribution is 7.08. The van der Waals surface area contributed by atoms with E-state index in [9.17, 15) is 9.18 Å². The van der Waals surface area contributed by atoms with E-state index in [0.29, 0.717) is 5.76 Å². The van der Waals surface area contributed by atoms with Crippen molar-refractivity contribution in [2.45, 2.75) is 12.5 Å². The van der Waals surface area contributed by atoms with Gasteiger partial charge in [0.15, 0.2) is 11.7 Å². The number of nitrogens with one attached hydrogen (secondary N) is 2. The van der Waals surface area contributed by atoms with Gasteiger partial charge in [0.05, 0.1) is 12.8 Å². The summed E-state index contributed by atoms with van der Waals surface area (Å²) in [5.41, 5.74) is 4.78. The summed E-state index contributed by atoms with van der Waals surface area (Å²) in [7, 11) is 0. The van der Waals surface area contributed by atoms with Gasteiger partial charge in [-0.2, -0.15) is 11.3 Å². The zero-order chi connectivity index (χ0) is 19.4. The Labute approximate surface area is 158 Å². The number of nitrogens with zero attached hydrogens (tertiary/aromatic N) is 1. The van der Waals surface area contributed by atoms with Crippen LogP contribution in [0.2, 0.25) is 0 Å². The summed E-state index contributed by atoms with van der Waals surface area (Å²) < 4.78 is 24.5. The predicted octanol–water partition coefficient (Wildman–Crippen LogP) is 2.83. The predicted molar refractivity (Wildman–Crippen MR) is 98.7 cm³/mol. The molecular weight excluding hydrogens is 371 g/mol. The van der Waals surface area contributed by atoms with Gasteiger partial charge in [0, 0.05) is 10.9 Å². The van der Waals surface area contributed by atoms with Crippen LogP contribution in [-0.4, -0.2) is 23.5 Å². The first-order valence-electron chi connectivity index (χ1n) is 8.01. The van der Waals surface area contributed by atoms with E-state index < -0.39 is 23.3 Å². The number of rotatable bonds is 6. The number of guanidine groups is 1. The molecule has 0 aliphatic heterocycles. The number of nitrogens with two attached hydrogens (primary N) is 1. The van der Waals surface area contributed by atoms with Crippen LogP contribution >= 0.6 is 11.3 Å². The second kappa shape index (κ2) is 7.58. The van der Waals surface area contributed by atoms with Gasteiger partial charge in [-0.25, -0.2) is 14.2 Å². The van der Waals surface area contributed by atoms with Crippen molar-refractivity contribution < 1.29 is 18.3 Å². The second-order valence-electron chi connectivity index (χ2n) is 5.56. The summed E-state index contributed by atoms with van der Waals surface area (Å²) >= 11 is 1.48. The minimum Gasteiger partial charge on any atom is -0.464 e. The van der Waals surface area contributed by atoms with Crippen LogP contribution in [0.15, 0.2) is 51.7 Å². The number of hydrogen-bond donors (Lipinski definition) is 3. The van der Waals surface area contributed by atoms with Crippen LogP contribution < -0.4 is 11.1 Å². The molecule has 0 aliphatic carbocycles. The van der Waals surface area contributed by atoms with E-state index in [1.807, 2.05) is 16.8 Å². The Morgan fingerprint density at radius 2 is 2.15 bits per heavy atom. The Kier molecular flexibility index (Phi) is 5.22. The van der Waals surface area contributed by atoms with Crippen LogP contribution in [0, 0.1) is 11.2 Å². The van der Waals surface area contributed by atoms with Gasteiger partial charge in [0.25, 0.3) is 0 Å². The Morgan fingerprint density at radius 3 is 2.74 bits per heavy atom.